The molecule has 0 aromatic carbocycles. The number of aliphatic hydroxyl groups excluding tert-OH is 8. The van der Waals surface area contributed by atoms with Gasteiger partial charge in [0.05, 0.1) is 32.0 Å². The number of aliphatic hydroxyl groups is 8. The predicted octanol–water partition coefficient (Wildman–Crippen LogP) is 4.37. The molecule has 2 saturated heterocycles. The summed E-state index contributed by atoms with van der Waals surface area (Å²) >= 11 is 0. The zero-order valence-corrected chi connectivity index (χ0v) is 36.0. The number of carbonyl (C=O) groups is 1. The van der Waals surface area contributed by atoms with E-state index in [2.05, 4.69) is 43.5 Å². The highest BCUT2D eigenvalue weighted by Crippen LogP contribution is 2.30. The fraction of sp³-hybridized carbons (Fsp3) is 0.844. The number of amides is 1. The van der Waals surface area contributed by atoms with E-state index in [-0.39, 0.29) is 18.9 Å². The topological polar surface area (TPSA) is 228 Å². The summed E-state index contributed by atoms with van der Waals surface area (Å²) in [6, 6.07) is -0.931. The van der Waals surface area contributed by atoms with Crippen LogP contribution in [0.1, 0.15) is 149 Å². The van der Waals surface area contributed by atoms with E-state index in [0.717, 1.165) is 51.4 Å². The van der Waals surface area contributed by atoms with Crippen molar-refractivity contribution in [3.8, 4) is 0 Å². The second-order valence-electron chi connectivity index (χ2n) is 16.2. The number of rotatable bonds is 33. The zero-order valence-electron chi connectivity index (χ0n) is 36.0. The Morgan fingerprint density at radius 3 is 1.68 bits per heavy atom. The standard InChI is InChI=1S/C45H81NO13/c1-3-5-7-9-11-13-15-17-19-21-23-25-27-29-37(50)46-33(34(49)28-26-24-22-20-18-16-14-12-10-8-6-4-2)32-56-44-42(55)40(53)43(36(31-48)58-44)59-45-41(54)39(52)38(51)35(30-47)57-45/h13,15,18,20,26,28,33-36,38-45,47-49,51-55H,3-12,14,16-17,19,21-25,27,29-32H2,1-2H3,(H,46,50)/b15-13-,20-18+,28-26+. The Balaban J connectivity index is 1.93. The number of allylic oxidation sites excluding steroid dienone is 5. The van der Waals surface area contributed by atoms with Crippen LogP contribution in [0.5, 0.6) is 0 Å². The Bertz CT molecular complexity index is 1140. The van der Waals surface area contributed by atoms with Gasteiger partial charge in [-0.1, -0.05) is 121 Å². The van der Waals surface area contributed by atoms with Crippen LogP contribution in [0.2, 0.25) is 0 Å². The second kappa shape index (κ2) is 32.9. The number of unbranched alkanes of at least 4 members (excludes halogenated alkanes) is 16. The van der Waals surface area contributed by atoms with Crippen LogP contribution < -0.4 is 5.32 Å². The van der Waals surface area contributed by atoms with Gasteiger partial charge in [-0.3, -0.25) is 4.79 Å². The molecule has 2 heterocycles. The van der Waals surface area contributed by atoms with Crippen molar-refractivity contribution in [3.63, 3.8) is 0 Å². The Hall–Kier alpha value is -1.79. The highest BCUT2D eigenvalue weighted by atomic mass is 16.7. The Morgan fingerprint density at radius 2 is 1.08 bits per heavy atom. The van der Waals surface area contributed by atoms with Crippen molar-refractivity contribution in [1.29, 1.82) is 0 Å². The Labute approximate surface area is 353 Å². The minimum Gasteiger partial charge on any atom is -0.394 e. The molecule has 2 aliphatic rings. The van der Waals surface area contributed by atoms with Gasteiger partial charge in [-0.2, -0.15) is 0 Å². The van der Waals surface area contributed by atoms with Crippen molar-refractivity contribution in [3.05, 3.63) is 36.5 Å². The number of nitrogens with one attached hydrogen (secondary N) is 1. The molecule has 2 rings (SSSR count). The van der Waals surface area contributed by atoms with Crippen LogP contribution in [0.25, 0.3) is 0 Å². The van der Waals surface area contributed by atoms with E-state index < -0.39 is 86.8 Å². The van der Waals surface area contributed by atoms with E-state index in [1.54, 1.807) is 6.08 Å². The van der Waals surface area contributed by atoms with E-state index >= 15 is 0 Å². The van der Waals surface area contributed by atoms with Crippen LogP contribution in [-0.4, -0.2) is 140 Å². The van der Waals surface area contributed by atoms with Gasteiger partial charge in [0.15, 0.2) is 12.6 Å². The van der Waals surface area contributed by atoms with Gasteiger partial charge in [0.1, 0.15) is 48.8 Å². The van der Waals surface area contributed by atoms with Gasteiger partial charge in [-0.15, -0.1) is 0 Å². The van der Waals surface area contributed by atoms with Crippen LogP contribution in [-0.2, 0) is 23.7 Å². The highest BCUT2D eigenvalue weighted by molar-refractivity contribution is 5.76. The number of carbonyl (C=O) groups excluding carboxylic acids is 1. The summed E-state index contributed by atoms with van der Waals surface area (Å²) < 4.78 is 22.6. The van der Waals surface area contributed by atoms with Gasteiger partial charge in [0, 0.05) is 6.42 Å². The molecule has 0 aromatic rings. The smallest absolute Gasteiger partial charge is 0.220 e. The molecule has 344 valence electrons. The molecule has 0 aliphatic carbocycles. The van der Waals surface area contributed by atoms with Crippen LogP contribution in [0.4, 0.5) is 0 Å². The second-order valence-corrected chi connectivity index (χ2v) is 16.2. The summed E-state index contributed by atoms with van der Waals surface area (Å²) in [5.74, 6) is -0.263. The number of hydrogen-bond donors (Lipinski definition) is 9. The first-order valence-corrected chi connectivity index (χ1v) is 22.7. The maximum absolute atomic E-state index is 13.1. The summed E-state index contributed by atoms with van der Waals surface area (Å²) in [5.41, 5.74) is 0. The molecule has 59 heavy (non-hydrogen) atoms. The average molecular weight is 844 g/mol. The average Bonchev–Trinajstić information content (AvgIpc) is 3.23. The van der Waals surface area contributed by atoms with Crippen molar-refractivity contribution in [1.82, 2.24) is 5.32 Å². The molecule has 12 unspecified atom stereocenters. The molecule has 2 aliphatic heterocycles. The van der Waals surface area contributed by atoms with Crippen LogP contribution >= 0.6 is 0 Å². The lowest BCUT2D eigenvalue weighted by atomic mass is 9.97. The quantitative estimate of drug-likeness (QED) is 0.0331. The van der Waals surface area contributed by atoms with E-state index in [1.165, 1.54) is 64.2 Å². The molecule has 1 amide bonds. The molecule has 0 spiro atoms. The normalized spacial score (nSPS) is 28.8. The molecule has 0 aromatic heterocycles. The summed E-state index contributed by atoms with van der Waals surface area (Å²) in [6.07, 6.45) is 17.7. The SMILES string of the molecule is CCCCCC/C=C\CCCCCCCC(=O)NC(COC1OC(CO)C(OC2OC(CO)C(O)C(O)C2O)C(O)C1O)C(O)/C=C/CC/C=C/CCCCCCCC. The van der Waals surface area contributed by atoms with Crippen molar-refractivity contribution in [2.45, 2.75) is 222 Å². The largest absolute Gasteiger partial charge is 0.394 e. The molecular formula is C45H81NO13. The first kappa shape index (κ1) is 53.3. The van der Waals surface area contributed by atoms with Crippen molar-refractivity contribution >= 4 is 5.91 Å². The van der Waals surface area contributed by atoms with Gasteiger partial charge < -0.3 is 65.1 Å². The van der Waals surface area contributed by atoms with Crippen LogP contribution in [0.3, 0.4) is 0 Å². The third-order valence-electron chi connectivity index (χ3n) is 11.0. The third-order valence-corrected chi connectivity index (χ3v) is 11.0. The maximum atomic E-state index is 13.1. The molecule has 0 bridgehead atoms. The molecule has 0 saturated carbocycles. The summed E-state index contributed by atoms with van der Waals surface area (Å²) in [6.45, 7) is 2.69. The number of hydrogen-bond acceptors (Lipinski definition) is 13. The first-order valence-electron chi connectivity index (χ1n) is 22.7. The molecule has 0 radical (unpaired) electrons. The molecular weight excluding hydrogens is 762 g/mol. The lowest BCUT2D eigenvalue weighted by Gasteiger charge is -2.46. The van der Waals surface area contributed by atoms with Crippen molar-refractivity contribution < 1.29 is 64.6 Å². The van der Waals surface area contributed by atoms with Crippen molar-refractivity contribution in [2.75, 3.05) is 19.8 Å². The lowest BCUT2D eigenvalue weighted by molar-refractivity contribution is -0.359. The van der Waals surface area contributed by atoms with Gasteiger partial charge in [0.2, 0.25) is 5.91 Å². The molecule has 12 atom stereocenters. The molecule has 2 fully saturated rings. The summed E-state index contributed by atoms with van der Waals surface area (Å²) in [5, 5.41) is 86.3. The number of ether oxygens (including phenoxy) is 4. The van der Waals surface area contributed by atoms with E-state index in [0.29, 0.717) is 12.8 Å². The first-order chi connectivity index (χ1) is 28.6. The summed E-state index contributed by atoms with van der Waals surface area (Å²) in [4.78, 5) is 13.1. The van der Waals surface area contributed by atoms with Gasteiger partial charge >= 0.3 is 0 Å². The minimum atomic E-state index is -1.79. The van der Waals surface area contributed by atoms with Crippen LogP contribution in [0.15, 0.2) is 36.5 Å². The summed E-state index contributed by atoms with van der Waals surface area (Å²) in [7, 11) is 0. The lowest BCUT2D eigenvalue weighted by Crippen LogP contribution is -2.65. The van der Waals surface area contributed by atoms with Gasteiger partial charge in [-0.25, -0.2) is 0 Å². The van der Waals surface area contributed by atoms with E-state index in [4.69, 9.17) is 18.9 Å². The third kappa shape index (κ3) is 21.2. The Kier molecular flexibility index (Phi) is 29.7. The van der Waals surface area contributed by atoms with Gasteiger partial charge in [0.25, 0.3) is 0 Å². The van der Waals surface area contributed by atoms with Gasteiger partial charge in [-0.05, 0) is 57.8 Å². The zero-order chi connectivity index (χ0) is 43.3. The van der Waals surface area contributed by atoms with Crippen molar-refractivity contribution in [2.24, 2.45) is 0 Å². The monoisotopic (exact) mass is 844 g/mol. The van der Waals surface area contributed by atoms with Crippen LogP contribution in [0, 0.1) is 0 Å². The fourth-order valence-electron chi connectivity index (χ4n) is 7.24. The van der Waals surface area contributed by atoms with E-state index in [1.807, 2.05) is 6.08 Å². The minimum absolute atomic E-state index is 0.263. The molecule has 14 heteroatoms. The fourth-order valence-corrected chi connectivity index (χ4v) is 7.24. The maximum Gasteiger partial charge on any atom is 0.220 e. The molecule has 9 N–H and O–H groups in total. The predicted molar refractivity (Wildman–Crippen MR) is 226 cm³/mol. The highest BCUT2D eigenvalue weighted by Gasteiger charge is 2.50. The Morgan fingerprint density at radius 1 is 0.593 bits per heavy atom. The molecule has 14 nitrogen and oxygen atoms in total. The van der Waals surface area contributed by atoms with E-state index in [9.17, 15) is 45.6 Å².